The van der Waals surface area contributed by atoms with Crippen LogP contribution in [0.3, 0.4) is 0 Å². The number of thioether (sulfide) groups is 1. The fourth-order valence-corrected chi connectivity index (χ4v) is 5.30. The van der Waals surface area contributed by atoms with Crippen molar-refractivity contribution in [3.05, 3.63) is 85.0 Å². The van der Waals surface area contributed by atoms with Crippen molar-refractivity contribution < 1.29 is 9.72 Å². The lowest BCUT2D eigenvalue weighted by atomic mass is 10.2. The number of thiophene rings is 1. The summed E-state index contributed by atoms with van der Waals surface area (Å²) in [6.45, 7) is 5.80. The van der Waals surface area contributed by atoms with Crippen molar-refractivity contribution in [1.29, 1.82) is 0 Å². The van der Waals surface area contributed by atoms with Gasteiger partial charge >= 0.3 is 0 Å². The molecule has 2 heterocycles. The van der Waals surface area contributed by atoms with Crippen LogP contribution in [0, 0.1) is 30.9 Å². The van der Waals surface area contributed by atoms with E-state index in [1.807, 2.05) is 45.0 Å². The summed E-state index contributed by atoms with van der Waals surface area (Å²) in [6.07, 6.45) is 0. The van der Waals surface area contributed by atoms with Crippen molar-refractivity contribution in [3.8, 4) is 5.69 Å². The monoisotopic (exact) mass is 480 g/mol. The SMILES string of the molecule is Cc1cccc(-n2c(SCC(=O)Nc3ccccc3[N+](=O)[O-])nc3sc(C)c(C)c3c2=O)c1. The number of fused-ring (bicyclic) bond motifs is 1. The van der Waals surface area contributed by atoms with E-state index in [9.17, 15) is 19.7 Å². The molecule has 4 rings (SSSR count). The molecule has 0 saturated heterocycles. The number of amides is 1. The number of aromatic nitrogens is 2. The van der Waals surface area contributed by atoms with Gasteiger partial charge in [0.25, 0.3) is 11.2 Å². The van der Waals surface area contributed by atoms with Gasteiger partial charge in [-0.1, -0.05) is 36.0 Å². The minimum atomic E-state index is -0.547. The molecule has 0 spiro atoms. The molecule has 2 aromatic heterocycles. The highest BCUT2D eigenvalue weighted by Gasteiger charge is 2.20. The van der Waals surface area contributed by atoms with Gasteiger partial charge in [-0.2, -0.15) is 0 Å². The lowest BCUT2D eigenvalue weighted by molar-refractivity contribution is -0.383. The Morgan fingerprint density at radius 3 is 2.67 bits per heavy atom. The van der Waals surface area contributed by atoms with Gasteiger partial charge in [0.2, 0.25) is 5.91 Å². The van der Waals surface area contributed by atoms with Crippen molar-refractivity contribution >= 4 is 50.6 Å². The Hall–Kier alpha value is -3.50. The summed E-state index contributed by atoms with van der Waals surface area (Å²) in [5, 5.41) is 14.7. The summed E-state index contributed by atoms with van der Waals surface area (Å²) >= 11 is 2.55. The normalized spacial score (nSPS) is 11.0. The van der Waals surface area contributed by atoms with Crippen LogP contribution in [0.2, 0.25) is 0 Å². The first-order valence-corrected chi connectivity index (χ1v) is 11.8. The number of nitrogens with one attached hydrogen (secondary N) is 1. The molecule has 0 aliphatic heterocycles. The summed E-state index contributed by atoms with van der Waals surface area (Å²) in [5.74, 6) is -0.503. The van der Waals surface area contributed by atoms with Gasteiger partial charge in [0.05, 0.1) is 21.7 Å². The number of hydrogen-bond acceptors (Lipinski definition) is 7. The molecule has 0 atom stereocenters. The standard InChI is InChI=1S/C23H20N4O4S2/c1-13-7-6-8-16(11-13)26-22(29)20-14(2)15(3)33-21(20)25-23(26)32-12-19(28)24-17-9-4-5-10-18(17)27(30)31/h4-11H,12H2,1-3H3,(H,24,28). The number of anilines is 1. The predicted octanol–water partition coefficient (Wildman–Crippen LogP) is 5.01. The fraction of sp³-hybridized carbons (Fsp3) is 0.174. The lowest BCUT2D eigenvalue weighted by Gasteiger charge is -2.13. The number of nitro benzene ring substituents is 1. The number of carbonyl (C=O) groups excluding carboxylic acids is 1. The average Bonchev–Trinajstić information content (AvgIpc) is 3.06. The van der Waals surface area contributed by atoms with E-state index in [1.54, 1.807) is 6.07 Å². The molecule has 1 amide bonds. The van der Waals surface area contributed by atoms with E-state index in [2.05, 4.69) is 5.32 Å². The van der Waals surface area contributed by atoms with Gasteiger partial charge in [-0.3, -0.25) is 24.3 Å². The zero-order chi connectivity index (χ0) is 23.7. The molecule has 0 saturated carbocycles. The van der Waals surface area contributed by atoms with E-state index in [-0.39, 0.29) is 22.7 Å². The lowest BCUT2D eigenvalue weighted by Crippen LogP contribution is -2.23. The molecular formula is C23H20N4O4S2. The van der Waals surface area contributed by atoms with Gasteiger partial charge in [-0.25, -0.2) is 4.98 Å². The molecule has 0 unspecified atom stereocenters. The Bertz CT molecular complexity index is 1460. The van der Waals surface area contributed by atoms with E-state index in [0.29, 0.717) is 21.1 Å². The van der Waals surface area contributed by atoms with E-state index in [0.717, 1.165) is 27.8 Å². The highest BCUT2D eigenvalue weighted by molar-refractivity contribution is 7.99. The van der Waals surface area contributed by atoms with Crippen LogP contribution in [0.15, 0.2) is 58.5 Å². The summed E-state index contributed by atoms with van der Waals surface area (Å²) in [4.78, 5) is 43.1. The zero-order valence-electron chi connectivity index (χ0n) is 18.1. The van der Waals surface area contributed by atoms with Gasteiger partial charge in [0, 0.05) is 10.9 Å². The Morgan fingerprint density at radius 1 is 1.18 bits per heavy atom. The second-order valence-electron chi connectivity index (χ2n) is 7.45. The minimum absolute atomic E-state index is 0.0703. The zero-order valence-corrected chi connectivity index (χ0v) is 19.8. The van der Waals surface area contributed by atoms with Gasteiger partial charge in [0.15, 0.2) is 5.16 Å². The molecule has 4 aromatic rings. The number of aryl methyl sites for hydroxylation is 3. The quantitative estimate of drug-likeness (QED) is 0.180. The van der Waals surface area contributed by atoms with Crippen molar-refractivity contribution in [1.82, 2.24) is 9.55 Å². The molecule has 1 N–H and O–H groups in total. The van der Waals surface area contributed by atoms with Crippen LogP contribution in [-0.2, 0) is 4.79 Å². The molecule has 10 heteroatoms. The van der Waals surface area contributed by atoms with E-state index >= 15 is 0 Å². The third-order valence-electron chi connectivity index (χ3n) is 5.14. The third kappa shape index (κ3) is 4.53. The summed E-state index contributed by atoms with van der Waals surface area (Å²) in [7, 11) is 0. The number of hydrogen-bond donors (Lipinski definition) is 1. The first kappa shape index (κ1) is 22.7. The summed E-state index contributed by atoms with van der Waals surface area (Å²) in [5.41, 5.74) is 2.31. The third-order valence-corrected chi connectivity index (χ3v) is 7.18. The highest BCUT2D eigenvalue weighted by atomic mass is 32.2. The Morgan fingerprint density at radius 2 is 1.94 bits per heavy atom. The van der Waals surface area contributed by atoms with Gasteiger partial charge in [-0.05, 0) is 50.1 Å². The van der Waals surface area contributed by atoms with Gasteiger partial charge in [0.1, 0.15) is 10.5 Å². The van der Waals surface area contributed by atoms with Crippen LogP contribution in [0.4, 0.5) is 11.4 Å². The molecule has 168 valence electrons. The molecule has 0 bridgehead atoms. The van der Waals surface area contributed by atoms with Crippen molar-refractivity contribution in [2.45, 2.75) is 25.9 Å². The van der Waals surface area contributed by atoms with Crippen molar-refractivity contribution in [2.24, 2.45) is 0 Å². The highest BCUT2D eigenvalue weighted by Crippen LogP contribution is 2.30. The van der Waals surface area contributed by atoms with Crippen LogP contribution in [0.5, 0.6) is 0 Å². The van der Waals surface area contributed by atoms with Crippen LogP contribution in [0.25, 0.3) is 15.9 Å². The Kier molecular flexibility index (Phi) is 6.30. The maximum Gasteiger partial charge on any atom is 0.292 e. The molecule has 0 fully saturated rings. The molecule has 0 aliphatic rings. The molecule has 0 aliphatic carbocycles. The Balaban J connectivity index is 1.70. The smallest absolute Gasteiger partial charge is 0.292 e. The molecular weight excluding hydrogens is 460 g/mol. The fourth-order valence-electron chi connectivity index (χ4n) is 3.42. The summed E-state index contributed by atoms with van der Waals surface area (Å²) in [6, 6.07) is 13.5. The predicted molar refractivity (Wildman–Crippen MR) is 132 cm³/mol. The topological polar surface area (TPSA) is 107 Å². The number of para-hydroxylation sites is 2. The van der Waals surface area contributed by atoms with Gasteiger partial charge < -0.3 is 5.32 Å². The van der Waals surface area contributed by atoms with E-state index < -0.39 is 10.8 Å². The first-order chi connectivity index (χ1) is 15.8. The Labute approximate surface area is 197 Å². The molecule has 0 radical (unpaired) electrons. The van der Waals surface area contributed by atoms with Crippen LogP contribution in [0.1, 0.15) is 16.0 Å². The number of nitro groups is 1. The second kappa shape index (κ2) is 9.16. The van der Waals surface area contributed by atoms with Crippen molar-refractivity contribution in [2.75, 3.05) is 11.1 Å². The molecule has 33 heavy (non-hydrogen) atoms. The number of benzene rings is 2. The number of carbonyl (C=O) groups is 1. The second-order valence-corrected chi connectivity index (χ2v) is 9.59. The maximum atomic E-state index is 13.5. The minimum Gasteiger partial charge on any atom is -0.320 e. The van der Waals surface area contributed by atoms with Crippen LogP contribution >= 0.6 is 23.1 Å². The van der Waals surface area contributed by atoms with Gasteiger partial charge in [-0.15, -0.1) is 11.3 Å². The molecule has 2 aromatic carbocycles. The average molecular weight is 481 g/mol. The number of rotatable bonds is 6. The van der Waals surface area contributed by atoms with E-state index in [4.69, 9.17) is 4.98 Å². The van der Waals surface area contributed by atoms with Crippen molar-refractivity contribution in [3.63, 3.8) is 0 Å². The van der Waals surface area contributed by atoms with E-state index in [1.165, 1.54) is 34.1 Å². The first-order valence-electron chi connectivity index (χ1n) is 10.0. The van der Waals surface area contributed by atoms with Crippen LogP contribution < -0.4 is 10.9 Å². The largest absolute Gasteiger partial charge is 0.320 e. The summed E-state index contributed by atoms with van der Waals surface area (Å²) < 4.78 is 1.53. The maximum absolute atomic E-state index is 13.5. The number of nitrogens with zero attached hydrogens (tertiary/aromatic N) is 3. The molecule has 8 nitrogen and oxygen atoms in total. The van der Waals surface area contributed by atoms with Crippen LogP contribution in [-0.4, -0.2) is 26.1 Å².